The number of carbonyl (C=O) groups excluding carboxylic acids is 1. The van der Waals surface area contributed by atoms with E-state index in [-0.39, 0.29) is 0 Å². The van der Waals surface area contributed by atoms with Crippen LogP contribution in [0.2, 0.25) is 0 Å². The van der Waals surface area contributed by atoms with Gasteiger partial charge in [-0.25, -0.2) is 4.98 Å². The molecule has 142 valence electrons. The maximum absolute atomic E-state index is 13.2. The molecule has 0 radical (unpaired) electrons. The minimum absolute atomic E-state index is 0.300. The highest BCUT2D eigenvalue weighted by Crippen LogP contribution is 2.34. The topological polar surface area (TPSA) is 75.6 Å². The molecule has 0 spiro atoms. The molecule has 4 rings (SSSR count). The van der Waals surface area contributed by atoms with Crippen LogP contribution >= 0.6 is 0 Å². The standard InChI is InChI=1S/C19H14F3N5O/c1-27-10-15(16(26-27)13-9-24-17-11(13)6-4-8-23-17)25-18(28)12-5-2-3-7-14(12)19(20,21)22/h2-10H,1H3,(H,23,24)(H,25,28). The van der Waals surface area contributed by atoms with E-state index in [0.717, 1.165) is 17.5 Å². The van der Waals surface area contributed by atoms with Crippen LogP contribution in [0.15, 0.2) is 55.0 Å². The summed E-state index contributed by atoms with van der Waals surface area (Å²) in [7, 11) is 1.66. The van der Waals surface area contributed by atoms with Crippen molar-refractivity contribution < 1.29 is 18.0 Å². The number of aryl methyl sites for hydroxylation is 1. The molecule has 4 aromatic rings. The molecule has 3 heterocycles. The third-order valence-electron chi connectivity index (χ3n) is 4.26. The van der Waals surface area contributed by atoms with Gasteiger partial charge in [0.1, 0.15) is 11.3 Å². The fraction of sp³-hybridized carbons (Fsp3) is 0.105. The summed E-state index contributed by atoms with van der Waals surface area (Å²) in [4.78, 5) is 19.8. The van der Waals surface area contributed by atoms with Crippen molar-refractivity contribution in [1.82, 2.24) is 19.7 Å². The summed E-state index contributed by atoms with van der Waals surface area (Å²) < 4.78 is 41.1. The van der Waals surface area contributed by atoms with Gasteiger partial charge in [0.15, 0.2) is 0 Å². The molecule has 9 heteroatoms. The second kappa shape index (κ2) is 6.52. The highest BCUT2D eigenvalue weighted by molar-refractivity contribution is 6.08. The van der Waals surface area contributed by atoms with Gasteiger partial charge in [-0.1, -0.05) is 12.1 Å². The minimum Gasteiger partial charge on any atom is -0.345 e. The number of anilines is 1. The van der Waals surface area contributed by atoms with Crippen LogP contribution in [0.3, 0.4) is 0 Å². The summed E-state index contributed by atoms with van der Waals surface area (Å²) in [5.74, 6) is -0.861. The number of nitrogens with zero attached hydrogens (tertiary/aromatic N) is 3. The lowest BCUT2D eigenvalue weighted by Crippen LogP contribution is -2.18. The molecule has 28 heavy (non-hydrogen) atoms. The smallest absolute Gasteiger partial charge is 0.345 e. The number of halogens is 3. The molecule has 0 bridgehead atoms. The average molecular weight is 385 g/mol. The lowest BCUT2D eigenvalue weighted by Gasteiger charge is -2.12. The number of aromatic nitrogens is 4. The van der Waals surface area contributed by atoms with Crippen molar-refractivity contribution in [2.75, 3.05) is 5.32 Å². The summed E-state index contributed by atoms with van der Waals surface area (Å²) >= 11 is 0. The van der Waals surface area contributed by atoms with Gasteiger partial charge in [-0.05, 0) is 24.3 Å². The molecule has 0 saturated heterocycles. The summed E-state index contributed by atoms with van der Waals surface area (Å²) in [5.41, 5.74) is 0.611. The predicted octanol–water partition coefficient (Wildman–Crippen LogP) is 4.23. The van der Waals surface area contributed by atoms with Crippen LogP contribution in [0.4, 0.5) is 18.9 Å². The van der Waals surface area contributed by atoms with Crippen molar-refractivity contribution in [2.45, 2.75) is 6.18 Å². The Bertz CT molecular complexity index is 1180. The van der Waals surface area contributed by atoms with Crippen molar-refractivity contribution in [1.29, 1.82) is 0 Å². The van der Waals surface area contributed by atoms with E-state index in [9.17, 15) is 18.0 Å². The van der Waals surface area contributed by atoms with E-state index >= 15 is 0 Å². The zero-order valence-corrected chi connectivity index (χ0v) is 14.6. The third kappa shape index (κ3) is 3.11. The lowest BCUT2D eigenvalue weighted by atomic mass is 10.1. The molecule has 3 aromatic heterocycles. The van der Waals surface area contributed by atoms with Crippen LogP contribution in [0, 0.1) is 0 Å². The monoisotopic (exact) mass is 385 g/mol. The first-order valence-corrected chi connectivity index (χ1v) is 8.28. The second-order valence-corrected chi connectivity index (χ2v) is 6.16. The molecule has 1 aromatic carbocycles. The Morgan fingerprint density at radius 1 is 1.18 bits per heavy atom. The molecule has 0 unspecified atom stereocenters. The number of H-pyrrole nitrogens is 1. The lowest BCUT2D eigenvalue weighted by molar-refractivity contribution is -0.137. The SMILES string of the molecule is Cn1cc(NC(=O)c2ccccc2C(F)(F)F)c(-c2c[nH]c3ncccc23)n1. The maximum Gasteiger partial charge on any atom is 0.417 e. The molecular formula is C19H14F3N5O. The number of amides is 1. The van der Waals surface area contributed by atoms with Gasteiger partial charge in [-0.3, -0.25) is 9.48 Å². The van der Waals surface area contributed by atoms with Crippen LogP contribution in [-0.4, -0.2) is 25.7 Å². The Morgan fingerprint density at radius 2 is 1.96 bits per heavy atom. The Kier molecular flexibility index (Phi) is 4.14. The number of nitrogens with one attached hydrogen (secondary N) is 2. The van der Waals surface area contributed by atoms with Crippen molar-refractivity contribution >= 4 is 22.6 Å². The molecular weight excluding hydrogens is 371 g/mol. The number of alkyl halides is 3. The zero-order chi connectivity index (χ0) is 19.9. The van der Waals surface area contributed by atoms with E-state index < -0.39 is 23.2 Å². The first kappa shape index (κ1) is 17.8. The van der Waals surface area contributed by atoms with Gasteiger partial charge >= 0.3 is 6.18 Å². The van der Waals surface area contributed by atoms with Gasteiger partial charge in [0, 0.05) is 36.6 Å². The molecule has 2 N–H and O–H groups in total. The number of hydrogen-bond acceptors (Lipinski definition) is 3. The number of aromatic amines is 1. The first-order valence-electron chi connectivity index (χ1n) is 8.28. The van der Waals surface area contributed by atoms with E-state index in [1.165, 1.54) is 16.8 Å². The van der Waals surface area contributed by atoms with Crippen molar-refractivity contribution in [2.24, 2.45) is 7.05 Å². The molecule has 1 amide bonds. The minimum atomic E-state index is -4.63. The molecule has 0 aliphatic carbocycles. The van der Waals surface area contributed by atoms with Gasteiger partial charge in [0.25, 0.3) is 5.91 Å². The van der Waals surface area contributed by atoms with Crippen LogP contribution in [0.25, 0.3) is 22.3 Å². The van der Waals surface area contributed by atoms with Gasteiger partial charge in [-0.15, -0.1) is 0 Å². The van der Waals surface area contributed by atoms with Crippen LogP contribution < -0.4 is 5.32 Å². The van der Waals surface area contributed by atoms with Gasteiger partial charge in [-0.2, -0.15) is 18.3 Å². The maximum atomic E-state index is 13.2. The summed E-state index contributed by atoms with van der Waals surface area (Å²) in [6.07, 6.45) is 0.240. The summed E-state index contributed by atoms with van der Waals surface area (Å²) in [6.45, 7) is 0. The molecule has 0 aliphatic heterocycles. The number of hydrogen-bond donors (Lipinski definition) is 2. The Labute approximate surface area is 157 Å². The zero-order valence-electron chi connectivity index (χ0n) is 14.6. The van der Waals surface area contributed by atoms with Crippen LogP contribution in [0.1, 0.15) is 15.9 Å². The predicted molar refractivity (Wildman–Crippen MR) is 97.7 cm³/mol. The average Bonchev–Trinajstić information content (AvgIpc) is 3.24. The van der Waals surface area contributed by atoms with E-state index in [4.69, 9.17) is 0 Å². The number of carbonyl (C=O) groups is 1. The summed E-state index contributed by atoms with van der Waals surface area (Å²) in [6, 6.07) is 8.26. The molecule has 6 nitrogen and oxygen atoms in total. The van der Waals surface area contributed by atoms with Gasteiger partial charge in [0.2, 0.25) is 0 Å². The Hall–Kier alpha value is -3.62. The number of fused-ring (bicyclic) bond motifs is 1. The van der Waals surface area contributed by atoms with Gasteiger partial charge < -0.3 is 10.3 Å². The van der Waals surface area contributed by atoms with Gasteiger partial charge in [0.05, 0.1) is 16.8 Å². The normalized spacial score (nSPS) is 11.7. The number of rotatable bonds is 3. The molecule has 0 fully saturated rings. The van der Waals surface area contributed by atoms with E-state index in [1.54, 1.807) is 31.7 Å². The first-order chi connectivity index (χ1) is 13.3. The molecule has 0 atom stereocenters. The van der Waals surface area contributed by atoms with E-state index in [0.29, 0.717) is 22.6 Å². The summed E-state index contributed by atoms with van der Waals surface area (Å²) in [5, 5.41) is 7.69. The van der Waals surface area contributed by atoms with Crippen molar-refractivity contribution in [3.05, 3.63) is 66.1 Å². The second-order valence-electron chi connectivity index (χ2n) is 6.16. The van der Waals surface area contributed by atoms with Crippen molar-refractivity contribution in [3.63, 3.8) is 0 Å². The highest BCUT2D eigenvalue weighted by Gasteiger charge is 2.35. The number of benzene rings is 1. The molecule has 0 aliphatic rings. The van der Waals surface area contributed by atoms with Crippen LogP contribution in [-0.2, 0) is 13.2 Å². The number of pyridine rings is 1. The Morgan fingerprint density at radius 3 is 2.75 bits per heavy atom. The van der Waals surface area contributed by atoms with E-state index in [1.807, 2.05) is 6.07 Å². The molecule has 0 saturated carbocycles. The quantitative estimate of drug-likeness (QED) is 0.554. The third-order valence-corrected chi connectivity index (χ3v) is 4.26. The van der Waals surface area contributed by atoms with Crippen LogP contribution in [0.5, 0.6) is 0 Å². The fourth-order valence-corrected chi connectivity index (χ4v) is 3.05. The fourth-order valence-electron chi connectivity index (χ4n) is 3.05. The largest absolute Gasteiger partial charge is 0.417 e. The Balaban J connectivity index is 1.74. The van der Waals surface area contributed by atoms with Crippen molar-refractivity contribution in [3.8, 4) is 11.3 Å². The highest BCUT2D eigenvalue weighted by atomic mass is 19.4. The van der Waals surface area contributed by atoms with E-state index in [2.05, 4.69) is 20.4 Å².